The van der Waals surface area contributed by atoms with Gasteiger partial charge in [0.2, 0.25) is 0 Å². The minimum atomic E-state index is -3.03. The first-order chi connectivity index (χ1) is 5.49. The van der Waals surface area contributed by atoms with Crippen molar-refractivity contribution in [2.24, 2.45) is 0 Å². The van der Waals surface area contributed by atoms with Crippen LogP contribution in [0.4, 0.5) is 0 Å². The number of hydrogen-bond acceptors (Lipinski definition) is 2. The van der Waals surface area contributed by atoms with Crippen LogP contribution in [0.2, 0.25) is 5.02 Å². The van der Waals surface area contributed by atoms with Crippen LogP contribution in [0, 0.1) is 0 Å². The Morgan fingerprint density at radius 2 is 2.00 bits per heavy atom. The van der Waals surface area contributed by atoms with E-state index in [4.69, 9.17) is 27.4 Å². The SMILES string of the molecule is CP(=O)(Cl)Oc1ccccc1Cl. The largest absolute Gasteiger partial charge is 0.431 e. The molecule has 0 aliphatic heterocycles. The van der Waals surface area contributed by atoms with Crippen molar-refractivity contribution in [3.63, 3.8) is 0 Å². The second-order valence-corrected chi connectivity index (χ2v) is 6.19. The van der Waals surface area contributed by atoms with E-state index < -0.39 is 6.72 Å². The van der Waals surface area contributed by atoms with Gasteiger partial charge in [-0.25, -0.2) is 0 Å². The van der Waals surface area contributed by atoms with Crippen LogP contribution in [0.15, 0.2) is 24.3 Å². The molecule has 1 atom stereocenters. The average molecular weight is 225 g/mol. The Bertz CT molecular complexity index is 321. The van der Waals surface area contributed by atoms with Gasteiger partial charge in [0.25, 0.3) is 0 Å². The average Bonchev–Trinajstić information content (AvgIpc) is 1.91. The summed E-state index contributed by atoms with van der Waals surface area (Å²) in [6.07, 6.45) is 0. The zero-order valence-electron chi connectivity index (χ0n) is 6.33. The summed E-state index contributed by atoms with van der Waals surface area (Å²) in [4.78, 5) is 0. The molecule has 2 nitrogen and oxygen atoms in total. The fraction of sp³-hybridized carbons (Fsp3) is 0.143. The molecule has 0 saturated heterocycles. The summed E-state index contributed by atoms with van der Waals surface area (Å²) in [6, 6.07) is 6.74. The third kappa shape index (κ3) is 3.06. The van der Waals surface area contributed by atoms with Gasteiger partial charge in [-0.05, 0) is 23.4 Å². The van der Waals surface area contributed by atoms with E-state index in [-0.39, 0.29) is 0 Å². The third-order valence-corrected chi connectivity index (χ3v) is 2.14. The quantitative estimate of drug-likeness (QED) is 0.715. The number of para-hydroxylation sites is 1. The summed E-state index contributed by atoms with van der Waals surface area (Å²) >= 11 is 11.1. The topological polar surface area (TPSA) is 26.3 Å². The van der Waals surface area contributed by atoms with E-state index in [0.29, 0.717) is 10.8 Å². The molecule has 0 bridgehead atoms. The van der Waals surface area contributed by atoms with Crippen molar-refractivity contribution in [2.75, 3.05) is 6.66 Å². The Kier molecular flexibility index (Phi) is 3.05. The molecule has 0 radical (unpaired) electrons. The highest BCUT2D eigenvalue weighted by atomic mass is 35.7. The molecule has 0 fully saturated rings. The summed E-state index contributed by atoms with van der Waals surface area (Å²) in [5.41, 5.74) is 0. The van der Waals surface area contributed by atoms with Gasteiger partial charge in [-0.1, -0.05) is 23.7 Å². The maximum atomic E-state index is 11.0. The van der Waals surface area contributed by atoms with Gasteiger partial charge in [0.05, 0.1) is 5.02 Å². The summed E-state index contributed by atoms with van der Waals surface area (Å²) in [5.74, 6) is 0.347. The van der Waals surface area contributed by atoms with E-state index in [0.717, 1.165) is 0 Å². The van der Waals surface area contributed by atoms with E-state index >= 15 is 0 Å². The summed E-state index contributed by atoms with van der Waals surface area (Å²) in [7, 11) is 0. The van der Waals surface area contributed by atoms with Gasteiger partial charge < -0.3 is 4.52 Å². The standard InChI is InChI=1S/C7H7Cl2O2P/c1-12(9,10)11-7-5-3-2-4-6(7)8/h2-5H,1H3. The second-order valence-electron chi connectivity index (χ2n) is 2.27. The lowest BCUT2D eigenvalue weighted by Crippen LogP contribution is -1.84. The van der Waals surface area contributed by atoms with Crippen LogP contribution < -0.4 is 4.52 Å². The molecule has 0 aliphatic rings. The van der Waals surface area contributed by atoms with Crippen LogP contribution in [-0.2, 0) is 4.57 Å². The van der Waals surface area contributed by atoms with E-state index in [1.165, 1.54) is 6.66 Å². The lowest BCUT2D eigenvalue weighted by molar-refractivity contribution is 0.504. The van der Waals surface area contributed by atoms with Crippen molar-refractivity contribution in [3.8, 4) is 5.75 Å². The Balaban J connectivity index is 2.90. The third-order valence-electron chi connectivity index (χ3n) is 1.10. The smallest absolute Gasteiger partial charge is 0.333 e. The molecular weight excluding hydrogens is 218 g/mol. The lowest BCUT2D eigenvalue weighted by atomic mass is 10.3. The Hall–Kier alpha value is -0.170. The first-order valence-electron chi connectivity index (χ1n) is 3.20. The number of rotatable bonds is 2. The van der Waals surface area contributed by atoms with Crippen LogP contribution in [0.25, 0.3) is 0 Å². The molecule has 0 aromatic heterocycles. The van der Waals surface area contributed by atoms with Crippen LogP contribution in [0.1, 0.15) is 0 Å². The van der Waals surface area contributed by atoms with E-state index in [9.17, 15) is 4.57 Å². The molecular formula is C7H7Cl2O2P. The first-order valence-corrected chi connectivity index (χ1v) is 6.56. The van der Waals surface area contributed by atoms with Crippen molar-refractivity contribution in [2.45, 2.75) is 0 Å². The van der Waals surface area contributed by atoms with Crippen LogP contribution in [0.5, 0.6) is 5.75 Å². The Morgan fingerprint density at radius 1 is 1.42 bits per heavy atom. The lowest BCUT2D eigenvalue weighted by Gasteiger charge is -2.08. The maximum Gasteiger partial charge on any atom is 0.333 e. The Morgan fingerprint density at radius 3 is 2.50 bits per heavy atom. The predicted molar refractivity (Wildman–Crippen MR) is 51.5 cm³/mol. The van der Waals surface area contributed by atoms with Crippen molar-refractivity contribution in [3.05, 3.63) is 29.3 Å². The van der Waals surface area contributed by atoms with Crippen LogP contribution in [0.3, 0.4) is 0 Å². The molecule has 12 heavy (non-hydrogen) atoms. The Labute approximate surface area is 80.7 Å². The molecule has 0 heterocycles. The molecule has 1 aromatic carbocycles. The van der Waals surface area contributed by atoms with Gasteiger partial charge in [0.15, 0.2) is 0 Å². The summed E-state index contributed by atoms with van der Waals surface area (Å²) in [6.45, 7) is -1.71. The number of halogens is 2. The van der Waals surface area contributed by atoms with Gasteiger partial charge in [0, 0.05) is 6.66 Å². The fourth-order valence-corrected chi connectivity index (χ4v) is 1.66. The van der Waals surface area contributed by atoms with Gasteiger partial charge in [-0.2, -0.15) is 0 Å². The zero-order chi connectivity index (χ0) is 9.19. The minimum absolute atomic E-state index is 0.347. The molecule has 1 rings (SSSR count). The van der Waals surface area contributed by atoms with Crippen LogP contribution >= 0.6 is 29.6 Å². The number of benzene rings is 1. The molecule has 1 aromatic rings. The molecule has 0 saturated carbocycles. The molecule has 0 spiro atoms. The first kappa shape index (κ1) is 9.91. The maximum absolute atomic E-state index is 11.0. The van der Waals surface area contributed by atoms with Gasteiger partial charge in [-0.3, -0.25) is 4.57 Å². The summed E-state index contributed by atoms with van der Waals surface area (Å²) in [5, 5.41) is 0.403. The predicted octanol–water partition coefficient (Wildman–Crippen LogP) is 3.78. The molecule has 0 amide bonds. The van der Waals surface area contributed by atoms with E-state index in [1.54, 1.807) is 24.3 Å². The van der Waals surface area contributed by atoms with E-state index in [1.807, 2.05) is 0 Å². The molecule has 0 aliphatic carbocycles. The van der Waals surface area contributed by atoms with Crippen LogP contribution in [-0.4, -0.2) is 6.66 Å². The van der Waals surface area contributed by atoms with Gasteiger partial charge in [0.1, 0.15) is 5.75 Å². The summed E-state index contributed by atoms with van der Waals surface area (Å²) < 4.78 is 15.9. The molecule has 0 N–H and O–H groups in total. The van der Waals surface area contributed by atoms with E-state index in [2.05, 4.69) is 0 Å². The number of hydrogen-bond donors (Lipinski definition) is 0. The highest BCUT2D eigenvalue weighted by Gasteiger charge is 2.13. The molecule has 5 heteroatoms. The van der Waals surface area contributed by atoms with Crippen molar-refractivity contribution < 1.29 is 9.09 Å². The van der Waals surface area contributed by atoms with Crippen molar-refractivity contribution in [1.29, 1.82) is 0 Å². The van der Waals surface area contributed by atoms with Crippen molar-refractivity contribution in [1.82, 2.24) is 0 Å². The van der Waals surface area contributed by atoms with Gasteiger partial charge >= 0.3 is 6.72 Å². The normalized spacial score (nSPS) is 15.2. The van der Waals surface area contributed by atoms with Crippen molar-refractivity contribution >= 4 is 29.6 Å². The fourth-order valence-electron chi connectivity index (χ4n) is 0.694. The second kappa shape index (κ2) is 3.69. The zero-order valence-corrected chi connectivity index (χ0v) is 8.74. The highest BCUT2D eigenvalue weighted by Crippen LogP contribution is 2.49. The monoisotopic (exact) mass is 224 g/mol. The minimum Gasteiger partial charge on any atom is -0.431 e. The molecule has 66 valence electrons. The molecule has 1 unspecified atom stereocenters. The van der Waals surface area contributed by atoms with Gasteiger partial charge in [-0.15, -0.1) is 0 Å². The highest BCUT2D eigenvalue weighted by molar-refractivity contribution is 7.85.